The maximum Gasteiger partial charge on any atom is 0.321 e. The average Bonchev–Trinajstić information content (AvgIpc) is 2.30. The van der Waals surface area contributed by atoms with Gasteiger partial charge in [0.2, 0.25) is 0 Å². The van der Waals surface area contributed by atoms with Crippen LogP contribution < -0.4 is 5.73 Å². The molecule has 18 heavy (non-hydrogen) atoms. The Morgan fingerprint density at radius 3 is 2.78 bits per heavy atom. The first-order chi connectivity index (χ1) is 8.40. The van der Waals surface area contributed by atoms with E-state index < -0.39 is 12.0 Å². The van der Waals surface area contributed by atoms with E-state index in [0.717, 1.165) is 12.0 Å². The minimum absolute atomic E-state index is 0.208. The number of likely N-dealkylation sites (N-methyl/N-ethyl adjacent to an activating group) is 1. The standard InChI is InChI=1S/C13H19FN2O2/c1-9-7-10(3-4-11(9)14)5-6-16(2)8-12(15)13(17)18/h3-4,7,12H,5-6,8,15H2,1-2H3,(H,17,18). The zero-order valence-corrected chi connectivity index (χ0v) is 10.7. The molecule has 1 aromatic rings. The van der Waals surface area contributed by atoms with Crippen LogP contribution in [0.4, 0.5) is 4.39 Å². The first-order valence-corrected chi connectivity index (χ1v) is 5.82. The molecule has 1 unspecified atom stereocenters. The Labute approximate surface area is 106 Å². The lowest BCUT2D eigenvalue weighted by Crippen LogP contribution is -2.41. The number of aryl methyl sites for hydroxylation is 1. The SMILES string of the molecule is Cc1cc(CCN(C)CC(N)C(=O)O)ccc1F. The molecule has 1 aromatic carbocycles. The van der Waals surface area contributed by atoms with E-state index in [9.17, 15) is 9.18 Å². The molecule has 0 fully saturated rings. The topological polar surface area (TPSA) is 66.6 Å². The maximum absolute atomic E-state index is 13.1. The molecule has 0 bridgehead atoms. The average molecular weight is 254 g/mol. The van der Waals surface area contributed by atoms with Crippen LogP contribution in [-0.2, 0) is 11.2 Å². The number of hydrogen-bond donors (Lipinski definition) is 2. The molecule has 0 heterocycles. The lowest BCUT2D eigenvalue weighted by atomic mass is 10.1. The summed E-state index contributed by atoms with van der Waals surface area (Å²) in [5.41, 5.74) is 7.09. The highest BCUT2D eigenvalue weighted by Gasteiger charge is 2.13. The number of carbonyl (C=O) groups is 1. The van der Waals surface area contributed by atoms with Crippen LogP contribution in [0, 0.1) is 12.7 Å². The number of rotatable bonds is 6. The quantitative estimate of drug-likeness (QED) is 0.795. The summed E-state index contributed by atoms with van der Waals surface area (Å²) in [5, 5.41) is 8.69. The Bertz CT molecular complexity index is 423. The number of nitrogens with two attached hydrogens (primary N) is 1. The molecule has 0 aliphatic rings. The molecular formula is C13H19FN2O2. The van der Waals surface area contributed by atoms with Crippen molar-refractivity contribution in [3.63, 3.8) is 0 Å². The molecule has 0 spiro atoms. The van der Waals surface area contributed by atoms with E-state index in [4.69, 9.17) is 10.8 Å². The molecule has 1 rings (SSSR count). The summed E-state index contributed by atoms with van der Waals surface area (Å²) in [5.74, 6) is -1.21. The van der Waals surface area contributed by atoms with Crippen molar-refractivity contribution in [1.29, 1.82) is 0 Å². The second-order valence-electron chi connectivity index (χ2n) is 4.54. The Hall–Kier alpha value is -1.46. The summed E-state index contributed by atoms with van der Waals surface area (Å²) in [6, 6.07) is 4.13. The van der Waals surface area contributed by atoms with Gasteiger partial charge in [-0.3, -0.25) is 4.79 Å². The monoisotopic (exact) mass is 254 g/mol. The molecule has 1 atom stereocenters. The van der Waals surface area contributed by atoms with Gasteiger partial charge in [-0.15, -0.1) is 0 Å². The van der Waals surface area contributed by atoms with Crippen molar-refractivity contribution in [3.05, 3.63) is 35.1 Å². The Morgan fingerprint density at radius 1 is 1.56 bits per heavy atom. The number of nitrogens with zero attached hydrogens (tertiary/aromatic N) is 1. The van der Waals surface area contributed by atoms with Gasteiger partial charge < -0.3 is 15.7 Å². The zero-order valence-electron chi connectivity index (χ0n) is 10.7. The number of hydrogen-bond acceptors (Lipinski definition) is 3. The van der Waals surface area contributed by atoms with Crippen molar-refractivity contribution in [3.8, 4) is 0 Å². The molecular weight excluding hydrogens is 235 g/mol. The first kappa shape index (κ1) is 14.6. The van der Waals surface area contributed by atoms with Gasteiger partial charge in [-0.25, -0.2) is 4.39 Å². The van der Waals surface area contributed by atoms with Crippen LogP contribution in [0.15, 0.2) is 18.2 Å². The van der Waals surface area contributed by atoms with E-state index in [2.05, 4.69) is 0 Å². The molecule has 5 heteroatoms. The van der Waals surface area contributed by atoms with Crippen molar-refractivity contribution in [1.82, 2.24) is 4.90 Å². The van der Waals surface area contributed by atoms with Gasteiger partial charge >= 0.3 is 5.97 Å². The summed E-state index contributed by atoms with van der Waals surface area (Å²) >= 11 is 0. The van der Waals surface area contributed by atoms with E-state index >= 15 is 0 Å². The normalized spacial score (nSPS) is 12.7. The van der Waals surface area contributed by atoms with Crippen LogP contribution in [0.25, 0.3) is 0 Å². The predicted octanol–water partition coefficient (Wildman–Crippen LogP) is 1.02. The van der Waals surface area contributed by atoms with Crippen LogP contribution in [0.2, 0.25) is 0 Å². The minimum atomic E-state index is -1.00. The van der Waals surface area contributed by atoms with Gasteiger partial charge in [-0.05, 0) is 37.6 Å². The Balaban J connectivity index is 2.44. The molecule has 0 saturated heterocycles. The van der Waals surface area contributed by atoms with Crippen molar-refractivity contribution in [2.75, 3.05) is 20.1 Å². The molecule has 0 aromatic heterocycles. The molecule has 0 amide bonds. The van der Waals surface area contributed by atoms with E-state index in [0.29, 0.717) is 18.7 Å². The molecule has 0 radical (unpaired) electrons. The molecule has 0 aliphatic carbocycles. The first-order valence-electron chi connectivity index (χ1n) is 5.82. The van der Waals surface area contributed by atoms with Crippen LogP contribution >= 0.6 is 0 Å². The third-order valence-electron chi connectivity index (χ3n) is 2.83. The summed E-state index contributed by atoms with van der Waals surface area (Å²) in [6.45, 7) is 2.71. The number of carboxylic acid groups (broad SMARTS) is 1. The van der Waals surface area contributed by atoms with Crippen molar-refractivity contribution >= 4 is 5.97 Å². The third kappa shape index (κ3) is 4.43. The van der Waals surface area contributed by atoms with E-state index in [-0.39, 0.29) is 5.82 Å². The molecule has 0 aliphatic heterocycles. The Kier molecular flexibility index (Phi) is 5.25. The molecule has 4 nitrogen and oxygen atoms in total. The third-order valence-corrected chi connectivity index (χ3v) is 2.83. The molecule has 3 N–H and O–H groups in total. The summed E-state index contributed by atoms with van der Waals surface area (Å²) in [7, 11) is 1.82. The fourth-order valence-corrected chi connectivity index (χ4v) is 1.69. The van der Waals surface area contributed by atoms with Gasteiger partial charge in [0.25, 0.3) is 0 Å². The zero-order chi connectivity index (χ0) is 13.7. The summed E-state index contributed by atoms with van der Waals surface area (Å²) in [6.07, 6.45) is 0.740. The maximum atomic E-state index is 13.1. The van der Waals surface area contributed by atoms with Gasteiger partial charge in [0, 0.05) is 13.1 Å². The van der Waals surface area contributed by atoms with E-state index in [1.54, 1.807) is 19.1 Å². The fourth-order valence-electron chi connectivity index (χ4n) is 1.69. The number of aliphatic carboxylic acids is 1. The van der Waals surface area contributed by atoms with Crippen LogP contribution in [0.1, 0.15) is 11.1 Å². The van der Waals surface area contributed by atoms with Crippen molar-refractivity contribution < 1.29 is 14.3 Å². The molecule has 100 valence electrons. The smallest absolute Gasteiger partial charge is 0.321 e. The minimum Gasteiger partial charge on any atom is -0.480 e. The highest BCUT2D eigenvalue weighted by Crippen LogP contribution is 2.10. The fraction of sp³-hybridized carbons (Fsp3) is 0.462. The van der Waals surface area contributed by atoms with Crippen molar-refractivity contribution in [2.24, 2.45) is 5.73 Å². The highest BCUT2D eigenvalue weighted by atomic mass is 19.1. The lowest BCUT2D eigenvalue weighted by molar-refractivity contribution is -0.138. The van der Waals surface area contributed by atoms with Crippen LogP contribution in [-0.4, -0.2) is 42.2 Å². The Morgan fingerprint density at radius 2 is 2.22 bits per heavy atom. The van der Waals surface area contributed by atoms with Crippen molar-refractivity contribution in [2.45, 2.75) is 19.4 Å². The second kappa shape index (κ2) is 6.47. The van der Waals surface area contributed by atoms with Crippen LogP contribution in [0.5, 0.6) is 0 Å². The van der Waals surface area contributed by atoms with Crippen LogP contribution in [0.3, 0.4) is 0 Å². The lowest BCUT2D eigenvalue weighted by Gasteiger charge is -2.18. The number of benzene rings is 1. The van der Waals surface area contributed by atoms with Gasteiger partial charge in [-0.2, -0.15) is 0 Å². The number of halogens is 1. The van der Waals surface area contributed by atoms with Gasteiger partial charge in [-0.1, -0.05) is 12.1 Å². The number of carboxylic acids is 1. The highest BCUT2D eigenvalue weighted by molar-refractivity contribution is 5.73. The largest absolute Gasteiger partial charge is 0.480 e. The summed E-state index contributed by atoms with van der Waals surface area (Å²) in [4.78, 5) is 12.5. The predicted molar refractivity (Wildman–Crippen MR) is 67.9 cm³/mol. The summed E-state index contributed by atoms with van der Waals surface area (Å²) < 4.78 is 13.1. The van der Waals surface area contributed by atoms with E-state index in [1.807, 2.05) is 11.9 Å². The molecule has 0 saturated carbocycles. The van der Waals surface area contributed by atoms with Gasteiger partial charge in [0.15, 0.2) is 0 Å². The van der Waals surface area contributed by atoms with E-state index in [1.165, 1.54) is 6.07 Å². The second-order valence-corrected chi connectivity index (χ2v) is 4.54. The van der Waals surface area contributed by atoms with Gasteiger partial charge in [0.05, 0.1) is 0 Å². The van der Waals surface area contributed by atoms with Gasteiger partial charge in [0.1, 0.15) is 11.9 Å².